The van der Waals surface area contributed by atoms with Gasteiger partial charge in [0.1, 0.15) is 0 Å². The van der Waals surface area contributed by atoms with Crippen LogP contribution < -0.4 is 0 Å². The van der Waals surface area contributed by atoms with Gasteiger partial charge in [0, 0.05) is 37.8 Å². The van der Waals surface area contributed by atoms with Gasteiger partial charge in [-0.2, -0.15) is 0 Å². The molecule has 19 heavy (non-hydrogen) atoms. The van der Waals surface area contributed by atoms with E-state index in [0.717, 1.165) is 32.0 Å². The lowest BCUT2D eigenvalue weighted by Crippen LogP contribution is -2.37. The van der Waals surface area contributed by atoms with Gasteiger partial charge in [0.2, 0.25) is 0 Å². The third kappa shape index (κ3) is 4.15. The van der Waals surface area contributed by atoms with Crippen molar-refractivity contribution in [2.24, 2.45) is 0 Å². The Balaban J connectivity index is 1.68. The number of hydrogen-bond acceptors (Lipinski definition) is 4. The second-order valence-corrected chi connectivity index (χ2v) is 6.53. The SMILES string of the molecule is CC(CCC(C)N1CC[C@H](N(C)C)C1)N1CCOC1. The van der Waals surface area contributed by atoms with E-state index in [4.69, 9.17) is 4.74 Å². The van der Waals surface area contributed by atoms with Crippen molar-refractivity contribution < 1.29 is 4.74 Å². The highest BCUT2D eigenvalue weighted by Gasteiger charge is 2.27. The minimum Gasteiger partial charge on any atom is -0.365 e. The molecule has 0 aromatic heterocycles. The first-order valence-corrected chi connectivity index (χ1v) is 7.80. The smallest absolute Gasteiger partial charge is 0.0993 e. The molecule has 4 nitrogen and oxygen atoms in total. The average Bonchev–Trinajstić information content (AvgIpc) is 3.05. The Bertz CT molecular complexity index is 266. The molecule has 3 atom stereocenters. The van der Waals surface area contributed by atoms with E-state index in [-0.39, 0.29) is 0 Å². The van der Waals surface area contributed by atoms with Crippen molar-refractivity contribution in [2.45, 2.75) is 51.2 Å². The Morgan fingerprint density at radius 2 is 1.79 bits per heavy atom. The molecule has 2 heterocycles. The van der Waals surface area contributed by atoms with Crippen LogP contribution in [0.2, 0.25) is 0 Å². The van der Waals surface area contributed by atoms with Crippen molar-refractivity contribution >= 4 is 0 Å². The minimum atomic E-state index is 0.664. The van der Waals surface area contributed by atoms with Crippen LogP contribution in [0.3, 0.4) is 0 Å². The van der Waals surface area contributed by atoms with Gasteiger partial charge in [0.05, 0.1) is 13.3 Å². The highest BCUT2D eigenvalue weighted by Crippen LogP contribution is 2.20. The summed E-state index contributed by atoms with van der Waals surface area (Å²) < 4.78 is 5.44. The van der Waals surface area contributed by atoms with Gasteiger partial charge in [-0.3, -0.25) is 9.80 Å². The molecule has 0 radical (unpaired) electrons. The van der Waals surface area contributed by atoms with Crippen molar-refractivity contribution in [3.05, 3.63) is 0 Å². The van der Waals surface area contributed by atoms with Crippen LogP contribution in [-0.2, 0) is 4.74 Å². The Hall–Kier alpha value is -0.160. The van der Waals surface area contributed by atoms with Gasteiger partial charge in [0.25, 0.3) is 0 Å². The lowest BCUT2D eigenvalue weighted by molar-refractivity contribution is 0.111. The summed E-state index contributed by atoms with van der Waals surface area (Å²) in [6.45, 7) is 10.1. The van der Waals surface area contributed by atoms with Crippen LogP contribution in [-0.4, -0.2) is 79.9 Å². The van der Waals surface area contributed by atoms with Crippen LogP contribution >= 0.6 is 0 Å². The summed E-state index contributed by atoms with van der Waals surface area (Å²) in [6.07, 6.45) is 3.92. The first kappa shape index (κ1) is 15.2. The zero-order valence-corrected chi connectivity index (χ0v) is 13.1. The summed E-state index contributed by atoms with van der Waals surface area (Å²) in [6, 6.07) is 2.14. The Labute approximate surface area is 118 Å². The molecular weight excluding hydrogens is 238 g/mol. The zero-order valence-electron chi connectivity index (χ0n) is 13.1. The maximum absolute atomic E-state index is 5.44. The van der Waals surface area contributed by atoms with E-state index in [1.54, 1.807) is 0 Å². The Morgan fingerprint density at radius 1 is 1.11 bits per heavy atom. The number of likely N-dealkylation sites (tertiary alicyclic amines) is 1. The van der Waals surface area contributed by atoms with Gasteiger partial charge in [0.15, 0.2) is 0 Å². The largest absolute Gasteiger partial charge is 0.365 e. The number of nitrogens with zero attached hydrogens (tertiary/aromatic N) is 3. The average molecular weight is 269 g/mol. The maximum Gasteiger partial charge on any atom is 0.0993 e. The fourth-order valence-electron chi connectivity index (χ4n) is 3.21. The van der Waals surface area contributed by atoms with E-state index in [2.05, 4.69) is 42.6 Å². The first-order valence-electron chi connectivity index (χ1n) is 7.80. The van der Waals surface area contributed by atoms with E-state index in [9.17, 15) is 0 Å². The molecule has 0 aliphatic carbocycles. The predicted octanol–water partition coefficient (Wildman–Crippen LogP) is 1.47. The van der Waals surface area contributed by atoms with Crippen LogP contribution in [0.4, 0.5) is 0 Å². The van der Waals surface area contributed by atoms with Gasteiger partial charge < -0.3 is 9.64 Å². The molecule has 0 N–H and O–H groups in total. The Kier molecular flexibility index (Phi) is 5.63. The molecule has 2 fully saturated rings. The molecule has 2 rings (SSSR count). The number of rotatable bonds is 6. The molecule has 112 valence electrons. The van der Waals surface area contributed by atoms with Crippen LogP contribution in [0.25, 0.3) is 0 Å². The third-order valence-corrected chi connectivity index (χ3v) is 4.95. The molecule has 2 aliphatic heterocycles. The predicted molar refractivity (Wildman–Crippen MR) is 79.3 cm³/mol. The van der Waals surface area contributed by atoms with E-state index in [1.165, 1.54) is 32.4 Å². The summed E-state index contributed by atoms with van der Waals surface area (Å²) in [5.74, 6) is 0. The summed E-state index contributed by atoms with van der Waals surface area (Å²) in [4.78, 5) is 7.49. The van der Waals surface area contributed by atoms with Crippen molar-refractivity contribution in [2.75, 3.05) is 47.1 Å². The van der Waals surface area contributed by atoms with Gasteiger partial charge >= 0.3 is 0 Å². The maximum atomic E-state index is 5.44. The molecule has 0 amide bonds. The monoisotopic (exact) mass is 269 g/mol. The molecule has 0 aromatic carbocycles. The van der Waals surface area contributed by atoms with Crippen molar-refractivity contribution in [3.63, 3.8) is 0 Å². The standard InChI is InChI=1S/C15H31N3O/c1-13(17-8-7-15(11-17)16(3)4)5-6-14(2)18-9-10-19-12-18/h13-15H,5-12H2,1-4H3/t13?,14?,15-/m0/s1. The quantitative estimate of drug-likeness (QED) is 0.727. The molecule has 0 aromatic rings. The van der Waals surface area contributed by atoms with Gasteiger partial charge in [-0.05, 0) is 47.2 Å². The van der Waals surface area contributed by atoms with Gasteiger partial charge in [-0.15, -0.1) is 0 Å². The number of ether oxygens (including phenoxy) is 1. The molecule has 0 spiro atoms. The molecule has 2 aliphatic rings. The third-order valence-electron chi connectivity index (χ3n) is 4.95. The second kappa shape index (κ2) is 7.02. The van der Waals surface area contributed by atoms with Crippen LogP contribution in [0.1, 0.15) is 33.1 Å². The zero-order chi connectivity index (χ0) is 13.8. The molecule has 2 saturated heterocycles. The number of hydrogen-bond donors (Lipinski definition) is 0. The highest BCUT2D eigenvalue weighted by molar-refractivity contribution is 4.84. The molecule has 0 bridgehead atoms. The lowest BCUT2D eigenvalue weighted by Gasteiger charge is -2.28. The fourth-order valence-corrected chi connectivity index (χ4v) is 3.21. The lowest BCUT2D eigenvalue weighted by atomic mass is 10.1. The first-order chi connectivity index (χ1) is 9.08. The van der Waals surface area contributed by atoms with Crippen LogP contribution in [0.15, 0.2) is 0 Å². The van der Waals surface area contributed by atoms with Crippen molar-refractivity contribution in [3.8, 4) is 0 Å². The van der Waals surface area contributed by atoms with Crippen molar-refractivity contribution in [1.29, 1.82) is 0 Å². The van der Waals surface area contributed by atoms with E-state index in [0.29, 0.717) is 6.04 Å². The minimum absolute atomic E-state index is 0.664. The van der Waals surface area contributed by atoms with E-state index < -0.39 is 0 Å². The van der Waals surface area contributed by atoms with Crippen molar-refractivity contribution in [1.82, 2.24) is 14.7 Å². The second-order valence-electron chi connectivity index (χ2n) is 6.53. The fraction of sp³-hybridized carbons (Fsp3) is 1.00. The van der Waals surface area contributed by atoms with Crippen LogP contribution in [0, 0.1) is 0 Å². The normalized spacial score (nSPS) is 29.2. The van der Waals surface area contributed by atoms with E-state index >= 15 is 0 Å². The molecular formula is C15H31N3O. The summed E-state index contributed by atoms with van der Waals surface area (Å²) in [5, 5.41) is 0. The molecule has 2 unspecified atom stereocenters. The van der Waals surface area contributed by atoms with Gasteiger partial charge in [-0.25, -0.2) is 0 Å². The number of likely N-dealkylation sites (N-methyl/N-ethyl adjacent to an activating group) is 1. The molecule has 4 heteroatoms. The summed E-state index contributed by atoms with van der Waals surface area (Å²) >= 11 is 0. The highest BCUT2D eigenvalue weighted by atomic mass is 16.5. The van der Waals surface area contributed by atoms with E-state index in [1.807, 2.05) is 0 Å². The summed E-state index contributed by atoms with van der Waals surface area (Å²) in [7, 11) is 4.41. The topological polar surface area (TPSA) is 19.0 Å². The van der Waals surface area contributed by atoms with Gasteiger partial charge in [-0.1, -0.05) is 0 Å². The summed E-state index contributed by atoms with van der Waals surface area (Å²) in [5.41, 5.74) is 0. The van der Waals surface area contributed by atoms with Crippen LogP contribution in [0.5, 0.6) is 0 Å². The molecule has 0 saturated carbocycles. The Morgan fingerprint density at radius 3 is 2.32 bits per heavy atom.